The van der Waals surface area contributed by atoms with Gasteiger partial charge in [-0.1, -0.05) is 11.3 Å². The molecule has 12 heteroatoms. The number of H-pyrrole nitrogens is 2. The first kappa shape index (κ1) is 23.3. The second-order valence-corrected chi connectivity index (χ2v) is 9.29. The summed E-state index contributed by atoms with van der Waals surface area (Å²) < 4.78 is 24.2. The Bertz CT molecular complexity index is 2170. The number of aromatic nitrogens is 8. The van der Waals surface area contributed by atoms with E-state index in [0.29, 0.717) is 57.1 Å². The molecule has 11 nitrogen and oxygen atoms in total. The van der Waals surface area contributed by atoms with Crippen LogP contribution in [0.1, 0.15) is 16.8 Å². The molecular weight excluding hydrogens is 513 g/mol. The van der Waals surface area contributed by atoms with Crippen molar-refractivity contribution >= 4 is 22.1 Å². The van der Waals surface area contributed by atoms with Crippen LogP contribution in [0.3, 0.4) is 0 Å². The molecule has 0 saturated heterocycles. The first-order valence-electron chi connectivity index (χ1n) is 12.2. The second kappa shape index (κ2) is 8.88. The van der Waals surface area contributed by atoms with Gasteiger partial charge in [0, 0.05) is 17.3 Å². The summed E-state index contributed by atoms with van der Waals surface area (Å²) in [6.07, 6.45) is 3.19. The lowest BCUT2D eigenvalue weighted by atomic mass is 10.0. The Labute approximate surface area is 224 Å². The topological polar surface area (TPSA) is 147 Å². The lowest BCUT2D eigenvalue weighted by Crippen LogP contribution is -2.06. The van der Waals surface area contributed by atoms with Crippen LogP contribution in [0.25, 0.3) is 50.5 Å². The monoisotopic (exact) mass is 531 g/mol. The molecule has 0 unspecified atom stereocenters. The molecule has 0 aliphatic heterocycles. The van der Waals surface area contributed by atoms with E-state index < -0.39 is 5.82 Å². The summed E-state index contributed by atoms with van der Waals surface area (Å²) in [5.74, 6) is -0.126. The van der Waals surface area contributed by atoms with Gasteiger partial charge in [0.25, 0.3) is 0 Å². The van der Waals surface area contributed by atoms with Crippen LogP contribution in [0.15, 0.2) is 76.3 Å². The Hall–Kier alpha value is -5.83. The molecular formula is C28H18FN9O2. The smallest absolute Gasteiger partial charge is 0.323 e. The van der Waals surface area contributed by atoms with E-state index in [2.05, 4.69) is 36.4 Å². The summed E-state index contributed by atoms with van der Waals surface area (Å²) in [7, 11) is 0. The second-order valence-electron chi connectivity index (χ2n) is 9.29. The van der Waals surface area contributed by atoms with Crippen molar-refractivity contribution in [2.24, 2.45) is 0 Å². The molecule has 4 heterocycles. The molecule has 0 amide bonds. The molecule has 0 aliphatic rings. The first-order chi connectivity index (χ1) is 19.5. The van der Waals surface area contributed by atoms with Gasteiger partial charge in [0.1, 0.15) is 11.8 Å². The lowest BCUT2D eigenvalue weighted by molar-refractivity contribution is 0.571. The maximum Gasteiger partial charge on any atom is 0.323 e. The molecule has 7 rings (SSSR count). The summed E-state index contributed by atoms with van der Waals surface area (Å²) in [6, 6.07) is 17.7. The van der Waals surface area contributed by atoms with Crippen molar-refractivity contribution in [2.75, 3.05) is 0 Å². The molecule has 194 valence electrons. The number of halogens is 1. The zero-order valence-electron chi connectivity index (χ0n) is 20.9. The molecule has 0 saturated carbocycles. The summed E-state index contributed by atoms with van der Waals surface area (Å²) >= 11 is 0. The average Bonchev–Trinajstić information content (AvgIpc) is 3.74. The highest BCUT2D eigenvalue weighted by molar-refractivity contribution is 5.84. The lowest BCUT2D eigenvalue weighted by Gasteiger charge is -2.12. The van der Waals surface area contributed by atoms with E-state index in [1.165, 1.54) is 10.7 Å². The summed E-state index contributed by atoms with van der Waals surface area (Å²) in [4.78, 5) is 21.5. The van der Waals surface area contributed by atoms with Gasteiger partial charge in [0.05, 0.1) is 51.8 Å². The van der Waals surface area contributed by atoms with Crippen molar-refractivity contribution in [1.82, 2.24) is 39.7 Å². The normalized spacial score (nSPS) is 11.4. The highest BCUT2D eigenvalue weighted by Gasteiger charge is 2.18. The number of oxazole rings is 1. The van der Waals surface area contributed by atoms with Crippen LogP contribution in [0.4, 0.5) is 4.39 Å². The number of imidazole rings is 1. The fourth-order valence-electron chi connectivity index (χ4n) is 4.80. The number of benzene rings is 3. The van der Waals surface area contributed by atoms with Crippen molar-refractivity contribution in [2.45, 2.75) is 13.5 Å². The Morgan fingerprint density at radius 2 is 1.95 bits per heavy atom. The quantitative estimate of drug-likeness (QED) is 0.333. The van der Waals surface area contributed by atoms with Crippen LogP contribution >= 0.6 is 0 Å². The number of nitriles is 1. The predicted octanol–water partition coefficient (Wildman–Crippen LogP) is 4.48. The van der Waals surface area contributed by atoms with E-state index in [1.807, 2.05) is 13.0 Å². The molecule has 0 radical (unpaired) electrons. The minimum Gasteiger partial charge on any atom is -0.444 e. The Morgan fingerprint density at radius 3 is 2.77 bits per heavy atom. The maximum atomic E-state index is 15.3. The van der Waals surface area contributed by atoms with Crippen molar-refractivity contribution in [3.8, 4) is 34.5 Å². The SMILES string of the molecule is Cc1coc(-c2cc(C#N)ccc2Cn2nccc2-c2cc(F)c3nnn(-c4ccc5[nH]c(=O)[nH]c5c4)c3c2)n1. The van der Waals surface area contributed by atoms with Gasteiger partial charge < -0.3 is 14.4 Å². The molecule has 40 heavy (non-hydrogen) atoms. The van der Waals surface area contributed by atoms with E-state index in [4.69, 9.17) is 4.42 Å². The minimum absolute atomic E-state index is 0.117. The van der Waals surface area contributed by atoms with Crippen LogP contribution < -0.4 is 5.69 Å². The molecule has 0 aliphatic carbocycles. The fourth-order valence-corrected chi connectivity index (χ4v) is 4.80. The largest absolute Gasteiger partial charge is 0.444 e. The standard InChI is InChI=1S/C28H18FN9O2/c1-15-14-40-27(32-15)20-8-16(12-30)2-3-17(20)13-37-24(6-7-31-37)18-9-21(29)26-25(10-18)38(36-35-26)19-4-5-22-23(11-19)34-28(39)33-22/h2-11,14H,13H2,1H3,(H2,33,34,39). The molecule has 0 atom stereocenters. The minimum atomic E-state index is -0.531. The van der Waals surface area contributed by atoms with Crippen LogP contribution in [-0.2, 0) is 6.54 Å². The summed E-state index contributed by atoms with van der Waals surface area (Å²) in [5, 5.41) is 22.1. The number of hydrogen-bond donors (Lipinski definition) is 2. The number of hydrogen-bond acceptors (Lipinski definition) is 7. The fraction of sp³-hybridized carbons (Fsp3) is 0.0714. The first-order valence-corrected chi connectivity index (χ1v) is 12.2. The third-order valence-corrected chi connectivity index (χ3v) is 6.67. The van der Waals surface area contributed by atoms with Crippen LogP contribution in [-0.4, -0.2) is 39.7 Å². The predicted molar refractivity (Wildman–Crippen MR) is 143 cm³/mol. The molecule has 0 bridgehead atoms. The molecule has 0 spiro atoms. The molecule has 4 aromatic heterocycles. The van der Waals surface area contributed by atoms with Gasteiger partial charge >= 0.3 is 5.69 Å². The van der Waals surface area contributed by atoms with Gasteiger partial charge in [0.15, 0.2) is 5.82 Å². The number of aromatic amines is 2. The van der Waals surface area contributed by atoms with Gasteiger partial charge in [-0.2, -0.15) is 10.4 Å². The van der Waals surface area contributed by atoms with Crippen molar-refractivity contribution in [3.63, 3.8) is 0 Å². The number of fused-ring (bicyclic) bond motifs is 2. The number of nitrogens with one attached hydrogen (secondary N) is 2. The summed E-state index contributed by atoms with van der Waals surface area (Å²) in [6.45, 7) is 2.14. The Balaban J connectivity index is 1.31. The molecule has 0 fully saturated rings. The van der Waals surface area contributed by atoms with Crippen molar-refractivity contribution in [1.29, 1.82) is 5.26 Å². The third kappa shape index (κ3) is 3.84. The molecule has 7 aromatic rings. The van der Waals surface area contributed by atoms with E-state index in [9.17, 15) is 10.1 Å². The zero-order valence-corrected chi connectivity index (χ0v) is 20.9. The van der Waals surface area contributed by atoms with E-state index in [1.54, 1.807) is 59.6 Å². The highest BCUT2D eigenvalue weighted by atomic mass is 19.1. The van der Waals surface area contributed by atoms with Crippen LogP contribution in [0, 0.1) is 24.1 Å². The van der Waals surface area contributed by atoms with E-state index >= 15 is 4.39 Å². The van der Waals surface area contributed by atoms with Crippen LogP contribution in [0.2, 0.25) is 0 Å². The van der Waals surface area contributed by atoms with Crippen molar-refractivity contribution < 1.29 is 8.81 Å². The van der Waals surface area contributed by atoms with E-state index in [-0.39, 0.29) is 11.2 Å². The Morgan fingerprint density at radius 1 is 1.07 bits per heavy atom. The van der Waals surface area contributed by atoms with Gasteiger partial charge in [-0.15, -0.1) is 5.10 Å². The highest BCUT2D eigenvalue weighted by Crippen LogP contribution is 2.30. The van der Waals surface area contributed by atoms with Gasteiger partial charge in [0.2, 0.25) is 5.89 Å². The van der Waals surface area contributed by atoms with Gasteiger partial charge in [-0.05, 0) is 61.0 Å². The Kier molecular flexibility index (Phi) is 5.17. The van der Waals surface area contributed by atoms with E-state index in [0.717, 1.165) is 11.3 Å². The van der Waals surface area contributed by atoms with Crippen molar-refractivity contribution in [3.05, 3.63) is 100 Å². The summed E-state index contributed by atoms with van der Waals surface area (Å²) in [5.41, 5.74) is 6.05. The number of rotatable bonds is 5. The van der Waals surface area contributed by atoms with Crippen LogP contribution in [0.5, 0.6) is 0 Å². The zero-order chi connectivity index (χ0) is 27.4. The maximum absolute atomic E-state index is 15.3. The number of aryl methyl sites for hydroxylation is 1. The van der Waals surface area contributed by atoms with Gasteiger partial charge in [-0.3, -0.25) is 4.68 Å². The molecule has 2 N–H and O–H groups in total. The van der Waals surface area contributed by atoms with Gasteiger partial charge in [-0.25, -0.2) is 18.9 Å². The third-order valence-electron chi connectivity index (χ3n) is 6.67. The number of nitrogens with zero attached hydrogens (tertiary/aromatic N) is 7. The molecule has 3 aromatic carbocycles. The average molecular weight is 532 g/mol.